The molecule has 0 bridgehead atoms. The second-order valence-corrected chi connectivity index (χ2v) is 2.99. The van der Waals surface area contributed by atoms with Crippen LogP contribution in [0.3, 0.4) is 0 Å². The molecule has 2 rings (SSSR count). The average molecular weight is 363 g/mol. The maximum atomic E-state index is 5.44. The summed E-state index contributed by atoms with van der Waals surface area (Å²) in [5.74, 6) is 1.59. The molecule has 1 aromatic carbocycles. The second-order valence-electron chi connectivity index (χ2n) is 2.99. The molecule has 0 N–H and O–H groups in total. The van der Waals surface area contributed by atoms with Gasteiger partial charge in [-0.2, -0.15) is 18.2 Å². The molecule has 79 valence electrons. The quantitative estimate of drug-likeness (QED) is 0.642. The Morgan fingerprint density at radius 1 is 1.43 bits per heavy atom. The predicted octanol–water partition coefficient (Wildman–Crippen LogP) is 3.40. The number of benzene rings is 1. The number of para-hydroxylation sites is 1. The minimum absolute atomic E-state index is 0. The molecule has 0 saturated carbocycles. The first-order chi connectivity index (χ1) is 6.38. The van der Waals surface area contributed by atoms with Gasteiger partial charge in [-0.25, -0.2) is 0 Å². The standard InChI is InChI=1S/C10H11O.C2H6.Re/c1-8-6-7-11-10-5-3-2-4-9(8)10;1-2;/h2-4,8H,6-7H2,1H3;1-2H3;/q-1;;. The number of fused-ring (bicyclic) bond motifs is 1. The van der Waals surface area contributed by atoms with Gasteiger partial charge in [0, 0.05) is 26.2 Å². The van der Waals surface area contributed by atoms with Crippen LogP contribution in [-0.4, -0.2) is 6.61 Å². The number of ether oxygens (including phenoxy) is 1. The Hall–Kier alpha value is -0.318. The number of rotatable bonds is 0. The summed E-state index contributed by atoms with van der Waals surface area (Å²) in [5.41, 5.74) is 1.30. The summed E-state index contributed by atoms with van der Waals surface area (Å²) >= 11 is 0. The molecule has 1 nitrogen and oxygen atoms in total. The molecular formula is C12H17ORe-. The Bertz CT molecular complexity index is 260. The van der Waals surface area contributed by atoms with Crippen molar-refractivity contribution >= 4 is 0 Å². The van der Waals surface area contributed by atoms with E-state index in [9.17, 15) is 0 Å². The summed E-state index contributed by atoms with van der Waals surface area (Å²) in [5, 5.41) is 0. The van der Waals surface area contributed by atoms with Gasteiger partial charge in [-0.3, -0.25) is 0 Å². The predicted molar refractivity (Wildman–Crippen MR) is 55.2 cm³/mol. The smallest absolute Gasteiger partial charge is 0.0846 e. The first-order valence-corrected chi connectivity index (χ1v) is 5.01. The molecule has 0 amide bonds. The van der Waals surface area contributed by atoms with E-state index in [4.69, 9.17) is 4.74 Å². The maximum Gasteiger partial charge on any atom is 0.0846 e. The summed E-state index contributed by atoms with van der Waals surface area (Å²) in [6.45, 7) is 7.07. The third kappa shape index (κ3) is 3.12. The molecule has 1 aliphatic rings. The topological polar surface area (TPSA) is 9.23 Å². The largest absolute Gasteiger partial charge is 0.519 e. The van der Waals surface area contributed by atoms with Crippen LogP contribution in [0, 0.1) is 6.07 Å². The third-order valence-corrected chi connectivity index (χ3v) is 2.18. The molecule has 0 saturated heterocycles. The van der Waals surface area contributed by atoms with Gasteiger partial charge in [0.2, 0.25) is 0 Å². The Balaban J connectivity index is 0.000000531. The van der Waals surface area contributed by atoms with Gasteiger partial charge in [0.15, 0.2) is 0 Å². The molecule has 1 aliphatic heterocycles. The third-order valence-electron chi connectivity index (χ3n) is 2.18. The number of hydrogen-bond acceptors (Lipinski definition) is 1. The molecule has 0 spiro atoms. The van der Waals surface area contributed by atoms with Gasteiger partial charge in [0.1, 0.15) is 0 Å². The van der Waals surface area contributed by atoms with Gasteiger partial charge in [0.05, 0.1) is 6.61 Å². The zero-order chi connectivity index (χ0) is 9.68. The van der Waals surface area contributed by atoms with Crippen molar-refractivity contribution in [3.63, 3.8) is 0 Å². The fourth-order valence-electron chi connectivity index (χ4n) is 1.44. The van der Waals surface area contributed by atoms with E-state index in [0.29, 0.717) is 5.92 Å². The van der Waals surface area contributed by atoms with E-state index in [0.717, 1.165) is 18.8 Å². The fourth-order valence-corrected chi connectivity index (χ4v) is 1.44. The van der Waals surface area contributed by atoms with Gasteiger partial charge in [-0.15, -0.1) is 11.6 Å². The Labute approximate surface area is 101 Å². The molecule has 1 radical (unpaired) electrons. The number of hydrogen-bond donors (Lipinski definition) is 0. The van der Waals surface area contributed by atoms with Gasteiger partial charge >= 0.3 is 0 Å². The van der Waals surface area contributed by atoms with Crippen LogP contribution in [0.5, 0.6) is 5.75 Å². The van der Waals surface area contributed by atoms with Crippen LogP contribution < -0.4 is 4.74 Å². The van der Waals surface area contributed by atoms with E-state index < -0.39 is 0 Å². The van der Waals surface area contributed by atoms with E-state index in [2.05, 4.69) is 19.1 Å². The van der Waals surface area contributed by atoms with Crippen molar-refractivity contribution in [1.82, 2.24) is 0 Å². The van der Waals surface area contributed by atoms with Gasteiger partial charge < -0.3 is 4.74 Å². The normalized spacial score (nSPS) is 17.8. The first-order valence-electron chi connectivity index (χ1n) is 5.01. The second kappa shape index (κ2) is 7.04. The maximum absolute atomic E-state index is 5.44. The van der Waals surface area contributed by atoms with Crippen LogP contribution >= 0.6 is 0 Å². The van der Waals surface area contributed by atoms with Gasteiger partial charge in [-0.1, -0.05) is 26.7 Å². The first kappa shape index (κ1) is 13.7. The van der Waals surface area contributed by atoms with Crippen molar-refractivity contribution in [2.75, 3.05) is 6.61 Å². The zero-order valence-corrected chi connectivity index (χ0v) is 11.7. The molecular weight excluding hydrogens is 346 g/mol. The van der Waals surface area contributed by atoms with Crippen molar-refractivity contribution in [3.8, 4) is 5.75 Å². The SMILES string of the molecule is CC.CC1CCOc2[c-]cccc21.[Re]. The molecule has 1 atom stereocenters. The van der Waals surface area contributed by atoms with E-state index in [1.165, 1.54) is 5.56 Å². The fraction of sp³-hybridized carbons (Fsp3) is 0.500. The molecule has 0 aromatic heterocycles. The zero-order valence-electron chi connectivity index (χ0n) is 9.01. The summed E-state index contributed by atoms with van der Waals surface area (Å²) in [6.07, 6.45) is 1.13. The minimum Gasteiger partial charge on any atom is -0.519 e. The monoisotopic (exact) mass is 364 g/mol. The van der Waals surface area contributed by atoms with Gasteiger partial charge in [0.25, 0.3) is 0 Å². The van der Waals surface area contributed by atoms with Crippen LogP contribution in [0.25, 0.3) is 0 Å². The molecule has 0 fully saturated rings. The van der Waals surface area contributed by atoms with E-state index in [1.54, 1.807) is 0 Å². The Morgan fingerprint density at radius 3 is 2.79 bits per heavy atom. The van der Waals surface area contributed by atoms with Crippen LogP contribution in [0.1, 0.15) is 38.7 Å². The molecule has 1 heterocycles. The molecule has 1 aromatic rings. The molecule has 0 aliphatic carbocycles. The van der Waals surface area contributed by atoms with Crippen molar-refractivity contribution in [2.45, 2.75) is 33.1 Å². The molecule has 2 heteroatoms. The van der Waals surface area contributed by atoms with Crippen molar-refractivity contribution in [1.29, 1.82) is 0 Å². The Kier molecular flexibility index (Phi) is 6.88. The van der Waals surface area contributed by atoms with E-state index in [-0.39, 0.29) is 20.4 Å². The van der Waals surface area contributed by atoms with Crippen LogP contribution in [0.4, 0.5) is 0 Å². The van der Waals surface area contributed by atoms with Crippen molar-refractivity contribution < 1.29 is 25.2 Å². The molecule has 14 heavy (non-hydrogen) atoms. The van der Waals surface area contributed by atoms with Crippen molar-refractivity contribution in [2.24, 2.45) is 0 Å². The average Bonchev–Trinajstić information content (AvgIpc) is 2.22. The van der Waals surface area contributed by atoms with Crippen LogP contribution in [-0.2, 0) is 20.4 Å². The Morgan fingerprint density at radius 2 is 2.14 bits per heavy atom. The van der Waals surface area contributed by atoms with E-state index in [1.807, 2.05) is 26.0 Å². The summed E-state index contributed by atoms with van der Waals surface area (Å²) < 4.78 is 5.44. The van der Waals surface area contributed by atoms with Crippen LogP contribution in [0.2, 0.25) is 0 Å². The van der Waals surface area contributed by atoms with Crippen molar-refractivity contribution in [3.05, 3.63) is 29.8 Å². The van der Waals surface area contributed by atoms with Crippen LogP contribution in [0.15, 0.2) is 18.2 Å². The molecule has 1 unspecified atom stereocenters. The minimum atomic E-state index is 0. The van der Waals surface area contributed by atoms with E-state index >= 15 is 0 Å². The summed E-state index contributed by atoms with van der Waals surface area (Å²) in [6, 6.07) is 9.14. The summed E-state index contributed by atoms with van der Waals surface area (Å²) in [4.78, 5) is 0. The summed E-state index contributed by atoms with van der Waals surface area (Å²) in [7, 11) is 0. The van der Waals surface area contributed by atoms with Gasteiger partial charge in [-0.05, 0) is 6.42 Å².